The molecule has 0 atom stereocenters. The van der Waals surface area contributed by atoms with Crippen molar-refractivity contribution >= 4 is 12.8 Å². The van der Waals surface area contributed by atoms with Gasteiger partial charge in [0.25, 0.3) is 0 Å². The second-order valence-electron chi connectivity index (χ2n) is 3.52. The van der Waals surface area contributed by atoms with E-state index in [4.69, 9.17) is 0 Å². The SMILES string of the molecule is C1CCC2(CCC2)NC1.NS. The summed E-state index contributed by atoms with van der Waals surface area (Å²) in [6, 6.07) is 0. The Morgan fingerprint density at radius 3 is 1.91 bits per heavy atom. The highest BCUT2D eigenvalue weighted by atomic mass is 32.1. The summed E-state index contributed by atoms with van der Waals surface area (Å²) in [5.74, 6) is 0. The molecule has 1 aliphatic carbocycles. The third-order valence-corrected chi connectivity index (χ3v) is 2.89. The van der Waals surface area contributed by atoms with Crippen molar-refractivity contribution in [2.75, 3.05) is 6.54 Å². The van der Waals surface area contributed by atoms with Gasteiger partial charge in [0.15, 0.2) is 0 Å². The first-order valence-electron chi connectivity index (χ1n) is 4.42. The molecule has 1 heterocycles. The Bertz CT molecular complexity index is 105. The molecule has 1 aliphatic heterocycles. The topological polar surface area (TPSA) is 38.0 Å². The minimum Gasteiger partial charge on any atom is -0.311 e. The molecule has 2 rings (SSSR count). The fourth-order valence-electron chi connectivity index (χ4n) is 2.06. The Hall–Kier alpha value is 0.270. The van der Waals surface area contributed by atoms with Gasteiger partial charge < -0.3 is 5.32 Å². The highest BCUT2D eigenvalue weighted by Gasteiger charge is 2.36. The van der Waals surface area contributed by atoms with Gasteiger partial charge in [-0.2, -0.15) is 0 Å². The van der Waals surface area contributed by atoms with Crippen LogP contribution >= 0.6 is 12.8 Å². The van der Waals surface area contributed by atoms with Crippen LogP contribution in [0.15, 0.2) is 0 Å². The van der Waals surface area contributed by atoms with Crippen LogP contribution in [0.25, 0.3) is 0 Å². The van der Waals surface area contributed by atoms with Gasteiger partial charge in [-0.15, -0.1) is 12.8 Å². The van der Waals surface area contributed by atoms with Crippen LogP contribution in [-0.2, 0) is 0 Å². The smallest absolute Gasteiger partial charge is 0.0181 e. The van der Waals surface area contributed by atoms with Gasteiger partial charge in [-0.3, -0.25) is 5.14 Å². The van der Waals surface area contributed by atoms with Gasteiger partial charge in [0.2, 0.25) is 0 Å². The molecule has 0 aromatic rings. The molecule has 2 nitrogen and oxygen atoms in total. The monoisotopic (exact) mass is 174 g/mol. The zero-order valence-electron chi connectivity index (χ0n) is 6.97. The molecule has 2 fully saturated rings. The summed E-state index contributed by atoms with van der Waals surface area (Å²) in [7, 11) is 0. The zero-order chi connectivity index (χ0) is 8.16. The molecule has 3 heteroatoms. The highest BCUT2D eigenvalue weighted by molar-refractivity contribution is 7.77. The van der Waals surface area contributed by atoms with E-state index in [-0.39, 0.29) is 0 Å². The van der Waals surface area contributed by atoms with Crippen LogP contribution in [0.2, 0.25) is 0 Å². The average molecular weight is 174 g/mol. The summed E-state index contributed by atoms with van der Waals surface area (Å²) in [4.78, 5) is 0. The predicted octanol–water partition coefficient (Wildman–Crippen LogP) is 1.47. The van der Waals surface area contributed by atoms with Gasteiger partial charge in [0, 0.05) is 5.54 Å². The Labute approximate surface area is 74.5 Å². The fraction of sp³-hybridized carbons (Fsp3) is 1.00. The van der Waals surface area contributed by atoms with Gasteiger partial charge >= 0.3 is 0 Å². The maximum atomic E-state index is 4.19. The van der Waals surface area contributed by atoms with E-state index in [0.29, 0.717) is 5.54 Å². The van der Waals surface area contributed by atoms with Crippen LogP contribution in [0.3, 0.4) is 0 Å². The molecule has 3 N–H and O–H groups in total. The minimum absolute atomic E-state index is 0.651. The number of rotatable bonds is 0. The minimum atomic E-state index is 0.651. The summed E-state index contributed by atoms with van der Waals surface area (Å²) in [5, 5.41) is 7.83. The van der Waals surface area contributed by atoms with E-state index in [1.807, 2.05) is 0 Å². The zero-order valence-corrected chi connectivity index (χ0v) is 7.87. The predicted molar refractivity (Wildman–Crippen MR) is 51.6 cm³/mol. The van der Waals surface area contributed by atoms with Crippen molar-refractivity contribution in [2.45, 2.75) is 44.1 Å². The summed E-state index contributed by atoms with van der Waals surface area (Å²) in [6.07, 6.45) is 8.69. The van der Waals surface area contributed by atoms with E-state index in [1.54, 1.807) is 0 Å². The summed E-state index contributed by atoms with van der Waals surface area (Å²) >= 11 is 3.03. The van der Waals surface area contributed by atoms with E-state index in [9.17, 15) is 0 Å². The maximum Gasteiger partial charge on any atom is 0.0181 e. The van der Waals surface area contributed by atoms with Crippen LogP contribution < -0.4 is 10.5 Å². The van der Waals surface area contributed by atoms with Gasteiger partial charge in [0.1, 0.15) is 0 Å². The van der Waals surface area contributed by atoms with Crippen molar-refractivity contribution in [1.82, 2.24) is 5.32 Å². The standard InChI is InChI=1S/C8H15N.H3NS/c1-2-7-9-8(4-1)5-3-6-8;1-2/h9H,1-7H2;2H,1H2. The normalized spacial score (nSPS) is 26.7. The number of hydrogen-bond donors (Lipinski definition) is 3. The van der Waals surface area contributed by atoms with Crippen LogP contribution in [0, 0.1) is 0 Å². The largest absolute Gasteiger partial charge is 0.311 e. The van der Waals surface area contributed by atoms with Crippen molar-refractivity contribution in [2.24, 2.45) is 5.14 Å². The van der Waals surface area contributed by atoms with Crippen LogP contribution in [0.5, 0.6) is 0 Å². The highest BCUT2D eigenvalue weighted by Crippen LogP contribution is 2.37. The van der Waals surface area contributed by atoms with Gasteiger partial charge in [-0.25, -0.2) is 0 Å². The molecular formula is C8H18N2S. The molecule has 1 saturated carbocycles. The lowest BCUT2D eigenvalue weighted by atomic mass is 9.72. The van der Waals surface area contributed by atoms with Gasteiger partial charge in [-0.05, 0) is 38.6 Å². The van der Waals surface area contributed by atoms with Crippen molar-refractivity contribution in [3.63, 3.8) is 0 Å². The molecule has 11 heavy (non-hydrogen) atoms. The van der Waals surface area contributed by atoms with E-state index in [0.717, 1.165) is 0 Å². The summed E-state index contributed by atoms with van der Waals surface area (Å²) in [6.45, 7) is 1.28. The van der Waals surface area contributed by atoms with Crippen molar-refractivity contribution in [3.05, 3.63) is 0 Å². The van der Waals surface area contributed by atoms with Crippen molar-refractivity contribution in [3.8, 4) is 0 Å². The first-order chi connectivity index (χ1) is 5.41. The van der Waals surface area contributed by atoms with E-state index in [2.05, 4.69) is 23.3 Å². The molecule has 0 amide bonds. The number of thiol groups is 1. The Balaban J connectivity index is 0.000000281. The first-order valence-corrected chi connectivity index (χ1v) is 4.94. The maximum absolute atomic E-state index is 4.19. The average Bonchev–Trinajstić information content (AvgIpc) is 2.07. The Kier molecular flexibility index (Phi) is 3.69. The molecule has 0 aromatic heterocycles. The Morgan fingerprint density at radius 1 is 1.00 bits per heavy atom. The molecule has 1 saturated heterocycles. The number of nitrogens with one attached hydrogen (secondary N) is 1. The van der Waals surface area contributed by atoms with Crippen molar-refractivity contribution in [1.29, 1.82) is 0 Å². The van der Waals surface area contributed by atoms with E-state index < -0.39 is 0 Å². The number of hydrogen-bond acceptors (Lipinski definition) is 3. The third-order valence-electron chi connectivity index (χ3n) is 2.89. The van der Waals surface area contributed by atoms with Crippen LogP contribution in [-0.4, -0.2) is 12.1 Å². The third kappa shape index (κ3) is 2.10. The second-order valence-corrected chi connectivity index (χ2v) is 3.52. The molecule has 66 valence electrons. The Morgan fingerprint density at radius 2 is 1.64 bits per heavy atom. The molecule has 0 radical (unpaired) electrons. The van der Waals surface area contributed by atoms with E-state index in [1.165, 1.54) is 45.1 Å². The second kappa shape index (κ2) is 4.33. The lowest BCUT2D eigenvalue weighted by Gasteiger charge is -2.45. The summed E-state index contributed by atoms with van der Waals surface area (Å²) in [5.41, 5.74) is 0.651. The van der Waals surface area contributed by atoms with Crippen molar-refractivity contribution < 1.29 is 0 Å². The molecule has 0 bridgehead atoms. The lowest BCUT2D eigenvalue weighted by Crippen LogP contribution is -2.53. The fourth-order valence-corrected chi connectivity index (χ4v) is 2.06. The lowest BCUT2D eigenvalue weighted by molar-refractivity contribution is 0.143. The first kappa shape index (κ1) is 9.36. The molecule has 0 unspecified atom stereocenters. The van der Waals surface area contributed by atoms with Crippen LogP contribution in [0.4, 0.5) is 0 Å². The van der Waals surface area contributed by atoms with Crippen LogP contribution in [0.1, 0.15) is 38.5 Å². The number of nitrogens with two attached hydrogens (primary N) is 1. The molecular weight excluding hydrogens is 156 g/mol. The van der Waals surface area contributed by atoms with E-state index >= 15 is 0 Å². The molecule has 0 aromatic carbocycles. The molecule has 1 spiro atoms. The number of piperidine rings is 1. The van der Waals surface area contributed by atoms with Gasteiger partial charge in [-0.1, -0.05) is 6.42 Å². The summed E-state index contributed by atoms with van der Waals surface area (Å²) < 4.78 is 0. The quantitative estimate of drug-likeness (QED) is 0.487. The van der Waals surface area contributed by atoms with Gasteiger partial charge in [0.05, 0.1) is 0 Å². The molecule has 2 aliphatic rings.